The SMILES string of the molecule is FC(F)(F)c1ccc(SS)cc1. The maximum absolute atomic E-state index is 12.0. The Balaban J connectivity index is 2.93. The van der Waals surface area contributed by atoms with Gasteiger partial charge in [0.25, 0.3) is 0 Å². The molecule has 0 bridgehead atoms. The molecule has 0 aliphatic heterocycles. The fourth-order valence-corrected chi connectivity index (χ4v) is 1.33. The van der Waals surface area contributed by atoms with Gasteiger partial charge in [0.05, 0.1) is 5.56 Å². The quantitative estimate of drug-likeness (QED) is 0.545. The molecule has 0 unspecified atom stereocenters. The first kappa shape index (κ1) is 9.80. The van der Waals surface area contributed by atoms with E-state index >= 15 is 0 Å². The maximum atomic E-state index is 12.0. The molecule has 0 heterocycles. The highest BCUT2D eigenvalue weighted by Gasteiger charge is 2.29. The number of thiol groups is 1. The molecule has 0 radical (unpaired) electrons. The molecule has 0 aliphatic rings. The molecule has 0 amide bonds. The third kappa shape index (κ3) is 2.35. The van der Waals surface area contributed by atoms with Crippen LogP contribution in [-0.2, 0) is 6.18 Å². The van der Waals surface area contributed by atoms with Crippen LogP contribution in [0.4, 0.5) is 13.2 Å². The summed E-state index contributed by atoms with van der Waals surface area (Å²) < 4.78 is 36.0. The van der Waals surface area contributed by atoms with Crippen LogP contribution >= 0.6 is 22.5 Å². The van der Waals surface area contributed by atoms with Crippen molar-refractivity contribution in [3.8, 4) is 0 Å². The molecule has 0 saturated carbocycles. The van der Waals surface area contributed by atoms with Crippen molar-refractivity contribution in [2.24, 2.45) is 0 Å². The average Bonchev–Trinajstić information content (AvgIpc) is 2.03. The first-order valence-electron chi connectivity index (χ1n) is 3.03. The van der Waals surface area contributed by atoms with Crippen LogP contribution in [0, 0.1) is 0 Å². The lowest BCUT2D eigenvalue weighted by molar-refractivity contribution is -0.137. The Hall–Kier alpha value is -0.290. The first-order chi connectivity index (χ1) is 5.54. The second-order valence-electron chi connectivity index (χ2n) is 2.11. The Morgan fingerprint density at radius 1 is 1.08 bits per heavy atom. The average molecular weight is 210 g/mol. The molecule has 1 rings (SSSR count). The lowest BCUT2D eigenvalue weighted by atomic mass is 10.2. The van der Waals surface area contributed by atoms with Crippen molar-refractivity contribution in [1.82, 2.24) is 0 Å². The van der Waals surface area contributed by atoms with E-state index in [-0.39, 0.29) is 0 Å². The minimum atomic E-state index is -4.25. The molecule has 1 aromatic carbocycles. The van der Waals surface area contributed by atoms with E-state index in [1.165, 1.54) is 12.1 Å². The summed E-state index contributed by atoms with van der Waals surface area (Å²) in [7, 11) is 1.12. The van der Waals surface area contributed by atoms with E-state index in [0.29, 0.717) is 4.90 Å². The van der Waals surface area contributed by atoms with Crippen LogP contribution in [0.1, 0.15) is 5.56 Å². The number of benzene rings is 1. The Labute approximate surface area is 77.0 Å². The minimum absolute atomic E-state index is 0.631. The van der Waals surface area contributed by atoms with Crippen molar-refractivity contribution in [1.29, 1.82) is 0 Å². The van der Waals surface area contributed by atoms with Gasteiger partial charge in [-0.3, -0.25) is 0 Å². The molecule has 1 aromatic rings. The molecule has 66 valence electrons. The standard InChI is InChI=1S/C7H5F3S2/c8-7(9,10)5-1-3-6(12-11)4-2-5/h1-4,11H. The molecule has 0 N–H and O–H groups in total. The highest BCUT2D eigenvalue weighted by Crippen LogP contribution is 2.31. The summed E-state index contributed by atoms with van der Waals surface area (Å²) in [4.78, 5) is 0.700. The topological polar surface area (TPSA) is 0 Å². The van der Waals surface area contributed by atoms with Gasteiger partial charge in [-0.1, -0.05) is 10.8 Å². The van der Waals surface area contributed by atoms with E-state index in [0.717, 1.165) is 22.9 Å². The molecule has 0 saturated heterocycles. The zero-order valence-electron chi connectivity index (χ0n) is 5.80. The predicted molar refractivity (Wildman–Crippen MR) is 46.3 cm³/mol. The molecule has 0 aromatic heterocycles. The normalized spacial score (nSPS) is 11.7. The lowest BCUT2D eigenvalue weighted by Gasteiger charge is -2.05. The first-order valence-corrected chi connectivity index (χ1v) is 4.89. The summed E-state index contributed by atoms with van der Waals surface area (Å²) in [5, 5.41) is 0. The van der Waals surface area contributed by atoms with Crippen LogP contribution in [0.3, 0.4) is 0 Å². The molecule has 0 nitrogen and oxygen atoms in total. The number of halogens is 3. The van der Waals surface area contributed by atoms with Crippen molar-refractivity contribution in [2.75, 3.05) is 0 Å². The summed E-state index contributed by atoms with van der Waals surface area (Å²) in [5.74, 6) is 0. The number of hydrogen-bond donors (Lipinski definition) is 1. The van der Waals surface area contributed by atoms with E-state index in [9.17, 15) is 13.2 Å². The molecule has 0 atom stereocenters. The highest BCUT2D eigenvalue weighted by molar-refractivity contribution is 8.68. The van der Waals surface area contributed by atoms with Crippen LogP contribution in [-0.4, -0.2) is 0 Å². The number of hydrogen-bond acceptors (Lipinski definition) is 2. The van der Waals surface area contributed by atoms with Gasteiger partial charge in [0.1, 0.15) is 0 Å². The van der Waals surface area contributed by atoms with Crippen molar-refractivity contribution < 1.29 is 13.2 Å². The largest absolute Gasteiger partial charge is 0.416 e. The second kappa shape index (κ2) is 3.62. The van der Waals surface area contributed by atoms with Gasteiger partial charge in [-0.25, -0.2) is 0 Å². The van der Waals surface area contributed by atoms with E-state index in [2.05, 4.69) is 11.7 Å². The van der Waals surface area contributed by atoms with Crippen LogP contribution in [0.15, 0.2) is 29.2 Å². The summed E-state index contributed by atoms with van der Waals surface area (Å²) in [6, 6.07) is 4.86. The summed E-state index contributed by atoms with van der Waals surface area (Å²) in [6.45, 7) is 0. The van der Waals surface area contributed by atoms with E-state index in [4.69, 9.17) is 0 Å². The molecule has 12 heavy (non-hydrogen) atoms. The highest BCUT2D eigenvalue weighted by atomic mass is 33.1. The number of rotatable bonds is 1. The molecular formula is C7H5F3S2. The fourth-order valence-electron chi connectivity index (χ4n) is 0.705. The van der Waals surface area contributed by atoms with Crippen molar-refractivity contribution in [3.63, 3.8) is 0 Å². The van der Waals surface area contributed by atoms with E-state index in [1.54, 1.807) is 0 Å². The zero-order chi connectivity index (χ0) is 9.19. The van der Waals surface area contributed by atoms with Crippen LogP contribution < -0.4 is 0 Å². The number of alkyl halides is 3. The summed E-state index contributed by atoms with van der Waals surface area (Å²) >= 11 is 3.85. The van der Waals surface area contributed by atoms with Crippen LogP contribution in [0.5, 0.6) is 0 Å². The third-order valence-corrected chi connectivity index (χ3v) is 2.40. The zero-order valence-corrected chi connectivity index (χ0v) is 7.51. The van der Waals surface area contributed by atoms with Gasteiger partial charge in [-0.05, 0) is 24.3 Å². The Kier molecular flexibility index (Phi) is 2.95. The molecule has 0 aliphatic carbocycles. The molecular weight excluding hydrogens is 205 g/mol. The Morgan fingerprint density at radius 2 is 1.58 bits per heavy atom. The van der Waals surface area contributed by atoms with Crippen molar-refractivity contribution >= 4 is 22.5 Å². The van der Waals surface area contributed by atoms with Gasteiger partial charge in [0.2, 0.25) is 0 Å². The molecule has 0 spiro atoms. The van der Waals surface area contributed by atoms with Gasteiger partial charge in [0.15, 0.2) is 0 Å². The second-order valence-corrected chi connectivity index (χ2v) is 3.32. The van der Waals surface area contributed by atoms with Crippen molar-refractivity contribution in [3.05, 3.63) is 29.8 Å². The van der Waals surface area contributed by atoms with Gasteiger partial charge in [0, 0.05) is 4.90 Å². The minimum Gasteiger partial charge on any atom is -0.166 e. The fraction of sp³-hybridized carbons (Fsp3) is 0.143. The van der Waals surface area contributed by atoms with Crippen LogP contribution in [0.2, 0.25) is 0 Å². The third-order valence-electron chi connectivity index (χ3n) is 1.29. The maximum Gasteiger partial charge on any atom is 0.416 e. The smallest absolute Gasteiger partial charge is 0.166 e. The lowest BCUT2D eigenvalue weighted by Crippen LogP contribution is -2.03. The summed E-state index contributed by atoms with van der Waals surface area (Å²) in [6.07, 6.45) is -4.25. The predicted octanol–water partition coefficient (Wildman–Crippen LogP) is 3.64. The molecule has 0 fully saturated rings. The van der Waals surface area contributed by atoms with E-state index < -0.39 is 11.7 Å². The Bertz CT molecular complexity index is 252. The van der Waals surface area contributed by atoms with Gasteiger partial charge >= 0.3 is 6.18 Å². The Morgan fingerprint density at radius 3 is 1.92 bits per heavy atom. The van der Waals surface area contributed by atoms with E-state index in [1.807, 2.05) is 0 Å². The summed E-state index contributed by atoms with van der Waals surface area (Å²) in [5.41, 5.74) is -0.631. The molecule has 5 heteroatoms. The van der Waals surface area contributed by atoms with Gasteiger partial charge in [-0.2, -0.15) is 13.2 Å². The van der Waals surface area contributed by atoms with Crippen LogP contribution in [0.25, 0.3) is 0 Å². The van der Waals surface area contributed by atoms with Crippen molar-refractivity contribution in [2.45, 2.75) is 11.1 Å². The van der Waals surface area contributed by atoms with Gasteiger partial charge in [-0.15, -0.1) is 11.7 Å². The monoisotopic (exact) mass is 210 g/mol. The van der Waals surface area contributed by atoms with Gasteiger partial charge < -0.3 is 0 Å².